The van der Waals surface area contributed by atoms with Crippen LogP contribution in [-0.2, 0) is 4.74 Å². The predicted molar refractivity (Wildman–Crippen MR) is 79.6 cm³/mol. The molecular weight excluding hydrogens is 271 g/mol. The molecule has 1 fully saturated rings. The van der Waals surface area contributed by atoms with Crippen LogP contribution >= 0.6 is 0 Å². The molecule has 0 radical (unpaired) electrons. The minimum atomic E-state index is -0.534. The van der Waals surface area contributed by atoms with Gasteiger partial charge >= 0.3 is 6.09 Å². The predicted octanol–water partition coefficient (Wildman–Crippen LogP) is 3.10. The Morgan fingerprint density at radius 2 is 1.95 bits per heavy atom. The fraction of sp³-hybridized carbons (Fsp3) is 0.562. The Labute approximate surface area is 125 Å². The maximum Gasteiger partial charge on any atom is 0.408 e. The number of carbonyl (C=O) groups excluding carboxylic acids is 1. The standard InChI is InChI=1S/C16H23FN2O2/c1-16(2,3)21-15(20)18-14(11-19-9-4-10-19)12-5-7-13(17)8-6-12/h5-8,14H,4,9-11H2,1-3H3,(H,18,20)/t14-/m1/s1. The summed E-state index contributed by atoms with van der Waals surface area (Å²) in [4.78, 5) is 14.2. The van der Waals surface area contributed by atoms with Crippen LogP contribution < -0.4 is 5.32 Å². The van der Waals surface area contributed by atoms with Crippen LogP contribution in [0.1, 0.15) is 38.8 Å². The van der Waals surface area contributed by atoms with Crippen LogP contribution in [0.2, 0.25) is 0 Å². The third-order valence-corrected chi connectivity index (χ3v) is 3.35. The lowest BCUT2D eigenvalue weighted by molar-refractivity contribution is 0.0479. The first kappa shape index (κ1) is 15.8. The molecule has 1 heterocycles. The number of nitrogens with zero attached hydrogens (tertiary/aromatic N) is 1. The molecule has 0 aliphatic carbocycles. The number of rotatable bonds is 4. The van der Waals surface area contributed by atoms with Crippen molar-refractivity contribution in [2.24, 2.45) is 0 Å². The van der Waals surface area contributed by atoms with Crippen LogP contribution in [-0.4, -0.2) is 36.2 Å². The Balaban J connectivity index is 2.04. The molecule has 4 nitrogen and oxygen atoms in total. The quantitative estimate of drug-likeness (QED) is 0.928. The van der Waals surface area contributed by atoms with E-state index >= 15 is 0 Å². The number of amides is 1. The summed E-state index contributed by atoms with van der Waals surface area (Å²) in [7, 11) is 0. The second kappa shape index (κ2) is 6.43. The molecule has 0 saturated carbocycles. The maximum atomic E-state index is 13.1. The highest BCUT2D eigenvalue weighted by Crippen LogP contribution is 2.19. The van der Waals surface area contributed by atoms with Gasteiger partial charge in [-0.2, -0.15) is 0 Å². The lowest BCUT2D eigenvalue weighted by atomic mass is 10.0. The van der Waals surface area contributed by atoms with Gasteiger partial charge in [-0.1, -0.05) is 12.1 Å². The van der Waals surface area contributed by atoms with Gasteiger partial charge in [0.1, 0.15) is 11.4 Å². The van der Waals surface area contributed by atoms with E-state index in [1.54, 1.807) is 12.1 Å². The van der Waals surface area contributed by atoms with E-state index in [4.69, 9.17) is 4.74 Å². The highest BCUT2D eigenvalue weighted by Gasteiger charge is 2.24. The van der Waals surface area contributed by atoms with E-state index < -0.39 is 11.7 Å². The van der Waals surface area contributed by atoms with Crippen molar-refractivity contribution in [3.05, 3.63) is 35.6 Å². The van der Waals surface area contributed by atoms with Crippen molar-refractivity contribution in [2.45, 2.75) is 38.8 Å². The van der Waals surface area contributed by atoms with E-state index in [2.05, 4.69) is 10.2 Å². The lowest BCUT2D eigenvalue weighted by Gasteiger charge is -2.34. The van der Waals surface area contributed by atoms with Crippen molar-refractivity contribution < 1.29 is 13.9 Å². The highest BCUT2D eigenvalue weighted by atomic mass is 19.1. The van der Waals surface area contributed by atoms with Crippen molar-refractivity contribution in [1.82, 2.24) is 10.2 Å². The Bertz CT molecular complexity index is 478. The number of likely N-dealkylation sites (tertiary alicyclic amines) is 1. The second-order valence-electron chi connectivity index (χ2n) is 6.40. The van der Waals surface area contributed by atoms with E-state index in [9.17, 15) is 9.18 Å². The van der Waals surface area contributed by atoms with E-state index in [1.165, 1.54) is 18.6 Å². The maximum absolute atomic E-state index is 13.1. The first-order valence-electron chi connectivity index (χ1n) is 7.31. The Morgan fingerprint density at radius 3 is 2.43 bits per heavy atom. The molecule has 5 heteroatoms. The van der Waals surface area contributed by atoms with Crippen LogP contribution in [0, 0.1) is 5.82 Å². The van der Waals surface area contributed by atoms with Crippen LogP contribution in [0.3, 0.4) is 0 Å². The summed E-state index contributed by atoms with van der Waals surface area (Å²) >= 11 is 0. The summed E-state index contributed by atoms with van der Waals surface area (Å²) in [6, 6.07) is 6.04. The molecular formula is C16H23FN2O2. The Hall–Kier alpha value is -1.62. The normalized spacial score (nSPS) is 17.0. The third-order valence-electron chi connectivity index (χ3n) is 3.35. The summed E-state index contributed by atoms with van der Waals surface area (Å²) in [6.07, 6.45) is 0.736. The SMILES string of the molecule is CC(C)(C)OC(=O)N[C@H](CN1CCC1)c1ccc(F)cc1. The molecule has 1 amide bonds. The van der Waals surface area contributed by atoms with Crippen LogP contribution in [0.15, 0.2) is 24.3 Å². The van der Waals surface area contributed by atoms with E-state index in [-0.39, 0.29) is 11.9 Å². The van der Waals surface area contributed by atoms with Crippen molar-refractivity contribution in [3.8, 4) is 0 Å². The molecule has 0 bridgehead atoms. The summed E-state index contributed by atoms with van der Waals surface area (Å²) in [5.74, 6) is -0.279. The average molecular weight is 294 g/mol. The topological polar surface area (TPSA) is 41.6 Å². The third kappa shape index (κ3) is 5.01. The molecule has 1 aliphatic heterocycles. The van der Waals surface area contributed by atoms with Crippen molar-refractivity contribution in [2.75, 3.05) is 19.6 Å². The summed E-state index contributed by atoms with van der Waals surface area (Å²) < 4.78 is 18.4. The lowest BCUT2D eigenvalue weighted by Crippen LogP contribution is -2.45. The first-order valence-corrected chi connectivity index (χ1v) is 7.31. The summed E-state index contributed by atoms with van der Waals surface area (Å²) in [5.41, 5.74) is 0.350. The number of nitrogens with one attached hydrogen (secondary N) is 1. The number of ether oxygens (including phenoxy) is 1. The molecule has 1 saturated heterocycles. The fourth-order valence-corrected chi connectivity index (χ4v) is 2.20. The van der Waals surface area contributed by atoms with Crippen molar-refractivity contribution in [3.63, 3.8) is 0 Å². The second-order valence-corrected chi connectivity index (χ2v) is 6.40. The molecule has 0 unspecified atom stereocenters. The zero-order valence-electron chi connectivity index (χ0n) is 12.9. The van der Waals surface area contributed by atoms with Gasteiger partial charge in [0, 0.05) is 6.54 Å². The van der Waals surface area contributed by atoms with Crippen molar-refractivity contribution in [1.29, 1.82) is 0 Å². The molecule has 1 atom stereocenters. The molecule has 116 valence electrons. The van der Waals surface area contributed by atoms with Gasteiger partial charge in [0.25, 0.3) is 0 Å². The van der Waals surface area contributed by atoms with Gasteiger partial charge < -0.3 is 15.0 Å². The number of hydrogen-bond donors (Lipinski definition) is 1. The number of alkyl carbamates (subject to hydrolysis) is 1. The van der Waals surface area contributed by atoms with E-state index in [1.807, 2.05) is 20.8 Å². The zero-order valence-corrected chi connectivity index (χ0v) is 12.9. The van der Waals surface area contributed by atoms with Gasteiger partial charge in [-0.25, -0.2) is 9.18 Å². The van der Waals surface area contributed by atoms with Crippen molar-refractivity contribution >= 4 is 6.09 Å². The highest BCUT2D eigenvalue weighted by molar-refractivity contribution is 5.68. The van der Waals surface area contributed by atoms with Crippen LogP contribution in [0.4, 0.5) is 9.18 Å². The molecule has 1 aromatic carbocycles. The van der Waals surface area contributed by atoms with Crippen LogP contribution in [0.25, 0.3) is 0 Å². The minimum Gasteiger partial charge on any atom is -0.444 e. The number of hydrogen-bond acceptors (Lipinski definition) is 3. The van der Waals surface area contributed by atoms with Gasteiger partial charge in [0.15, 0.2) is 0 Å². The smallest absolute Gasteiger partial charge is 0.408 e. The zero-order chi connectivity index (χ0) is 15.5. The summed E-state index contributed by atoms with van der Waals surface area (Å²) in [5, 5.41) is 2.88. The number of carbonyl (C=O) groups is 1. The van der Waals surface area contributed by atoms with Gasteiger partial charge in [-0.15, -0.1) is 0 Å². The van der Waals surface area contributed by atoms with Gasteiger partial charge in [0.2, 0.25) is 0 Å². The molecule has 0 spiro atoms. The molecule has 2 rings (SSSR count). The minimum absolute atomic E-state index is 0.194. The number of halogens is 1. The van der Waals surface area contributed by atoms with Gasteiger partial charge in [-0.05, 0) is 58.0 Å². The fourth-order valence-electron chi connectivity index (χ4n) is 2.20. The molecule has 1 aliphatic rings. The average Bonchev–Trinajstić information content (AvgIpc) is 2.31. The monoisotopic (exact) mass is 294 g/mol. The number of benzene rings is 1. The summed E-state index contributed by atoms with van der Waals surface area (Å²) in [6.45, 7) is 8.27. The molecule has 0 aromatic heterocycles. The Morgan fingerprint density at radius 1 is 1.33 bits per heavy atom. The van der Waals surface area contributed by atoms with Gasteiger partial charge in [-0.3, -0.25) is 0 Å². The molecule has 1 N–H and O–H groups in total. The molecule has 1 aromatic rings. The van der Waals surface area contributed by atoms with Crippen LogP contribution in [0.5, 0.6) is 0 Å². The van der Waals surface area contributed by atoms with E-state index in [0.29, 0.717) is 6.54 Å². The van der Waals surface area contributed by atoms with Gasteiger partial charge in [0.05, 0.1) is 6.04 Å². The Kier molecular flexibility index (Phi) is 4.83. The molecule has 21 heavy (non-hydrogen) atoms. The first-order chi connectivity index (χ1) is 9.83. The van der Waals surface area contributed by atoms with E-state index in [0.717, 1.165) is 18.7 Å². The largest absolute Gasteiger partial charge is 0.444 e.